The molecular weight excluding hydrogens is 392 g/mol. The number of amides is 1. The van der Waals surface area contributed by atoms with E-state index in [0.29, 0.717) is 36.2 Å². The Labute approximate surface area is 176 Å². The van der Waals surface area contributed by atoms with Gasteiger partial charge in [0.15, 0.2) is 0 Å². The van der Waals surface area contributed by atoms with E-state index in [1.54, 1.807) is 13.0 Å². The first kappa shape index (κ1) is 23.6. The Kier molecular flexibility index (Phi) is 8.08. The summed E-state index contributed by atoms with van der Waals surface area (Å²) in [5, 5.41) is 3.69. The van der Waals surface area contributed by atoms with E-state index >= 15 is 0 Å². The molecule has 1 aromatic rings. The fourth-order valence-electron chi connectivity index (χ4n) is 3.25. The topological polar surface area (TPSA) is 90.1 Å². The van der Waals surface area contributed by atoms with Crippen LogP contribution in [0.4, 0.5) is 0 Å². The predicted octanol–water partition coefficient (Wildman–Crippen LogP) is 3.60. The molecule has 0 unspecified atom stereocenters. The minimum atomic E-state index is -0.960. The highest BCUT2D eigenvalue weighted by Gasteiger charge is 2.45. The molecule has 2 heterocycles. The highest BCUT2D eigenvalue weighted by atomic mass is 32.2. The number of aryl methyl sites for hydroxylation is 1. The summed E-state index contributed by atoms with van der Waals surface area (Å²) in [6.07, 6.45) is 1.49. The van der Waals surface area contributed by atoms with Crippen LogP contribution >= 0.6 is 11.8 Å². The second-order valence-corrected chi connectivity index (χ2v) is 8.43. The van der Waals surface area contributed by atoms with Crippen molar-refractivity contribution in [3.63, 3.8) is 0 Å². The number of carbonyl (C=O) groups is 1. The molecule has 29 heavy (non-hydrogen) atoms. The van der Waals surface area contributed by atoms with Gasteiger partial charge in [-0.3, -0.25) is 9.79 Å². The normalized spacial score (nSPS) is 20.4. The van der Waals surface area contributed by atoms with Crippen molar-refractivity contribution in [3.8, 4) is 0 Å². The van der Waals surface area contributed by atoms with Crippen LogP contribution in [-0.2, 0) is 14.3 Å². The van der Waals surface area contributed by atoms with Gasteiger partial charge in [0.2, 0.25) is 11.7 Å². The predicted molar refractivity (Wildman–Crippen MR) is 115 cm³/mol. The molecule has 0 fully saturated rings. The summed E-state index contributed by atoms with van der Waals surface area (Å²) in [7, 11) is 0. The molecule has 8 heteroatoms. The van der Waals surface area contributed by atoms with Crippen LogP contribution in [0.1, 0.15) is 64.8 Å². The van der Waals surface area contributed by atoms with E-state index < -0.39 is 17.0 Å². The summed E-state index contributed by atoms with van der Waals surface area (Å²) in [6, 6.07) is 2.84. The number of hydrogen-bond acceptors (Lipinski definition) is 7. The molecule has 0 radical (unpaired) electrons. The van der Waals surface area contributed by atoms with Gasteiger partial charge in [-0.25, -0.2) is 4.79 Å². The highest BCUT2D eigenvalue weighted by molar-refractivity contribution is 8.14. The number of ether oxygens (including phenoxy) is 2. The molecule has 0 saturated carbocycles. The number of nitrogens with one attached hydrogen (secondary N) is 1. The Balaban J connectivity index is 2.25. The SMILES string of the molecule is CCC[C@@H](NC(=O)[C@]1(C)CSC(C(C)(OCC)OCC)=N1)c1cc(C)cc(=O)o1. The van der Waals surface area contributed by atoms with Crippen molar-refractivity contribution in [1.29, 1.82) is 0 Å². The zero-order valence-corrected chi connectivity index (χ0v) is 19.0. The van der Waals surface area contributed by atoms with Crippen LogP contribution in [0.2, 0.25) is 0 Å². The summed E-state index contributed by atoms with van der Waals surface area (Å²) in [5.74, 6) is -0.214. The van der Waals surface area contributed by atoms with Gasteiger partial charge in [-0.1, -0.05) is 13.3 Å². The van der Waals surface area contributed by atoms with Crippen LogP contribution in [0.3, 0.4) is 0 Å². The van der Waals surface area contributed by atoms with Crippen molar-refractivity contribution in [2.75, 3.05) is 19.0 Å². The minimum absolute atomic E-state index is 0.210. The third-order valence-electron chi connectivity index (χ3n) is 4.72. The first-order valence-corrected chi connectivity index (χ1v) is 11.1. The van der Waals surface area contributed by atoms with Crippen molar-refractivity contribution < 1.29 is 18.7 Å². The molecule has 162 valence electrons. The monoisotopic (exact) mass is 424 g/mol. The van der Waals surface area contributed by atoms with Crippen LogP contribution in [0.25, 0.3) is 0 Å². The summed E-state index contributed by atoms with van der Waals surface area (Å²) in [5.41, 5.74) is -0.563. The molecule has 1 aliphatic rings. The molecule has 7 nitrogen and oxygen atoms in total. The van der Waals surface area contributed by atoms with Crippen molar-refractivity contribution in [2.24, 2.45) is 4.99 Å². The van der Waals surface area contributed by atoms with E-state index in [1.165, 1.54) is 17.8 Å². The van der Waals surface area contributed by atoms with Gasteiger partial charge in [0, 0.05) is 25.0 Å². The maximum atomic E-state index is 13.2. The van der Waals surface area contributed by atoms with Gasteiger partial charge >= 0.3 is 5.63 Å². The van der Waals surface area contributed by atoms with Crippen molar-refractivity contribution in [3.05, 3.63) is 33.9 Å². The van der Waals surface area contributed by atoms with Gasteiger partial charge in [0.05, 0.1) is 6.04 Å². The maximum Gasteiger partial charge on any atom is 0.336 e. The first-order chi connectivity index (χ1) is 13.7. The van der Waals surface area contributed by atoms with E-state index in [4.69, 9.17) is 18.9 Å². The van der Waals surface area contributed by atoms with Crippen LogP contribution in [0.15, 0.2) is 26.3 Å². The standard InChI is InChI=1S/C21H32N2O5S/c1-7-10-15(16-11-14(4)12-17(24)28-16)22-18(25)20(5)13-29-19(23-20)21(6,26-8-2)27-9-3/h11-12,15H,7-10,13H2,1-6H3,(H,22,25)/t15-,20+/m1/s1. The summed E-state index contributed by atoms with van der Waals surface area (Å²) < 4.78 is 16.9. The molecular formula is C21H32N2O5S. The van der Waals surface area contributed by atoms with Crippen molar-refractivity contribution >= 4 is 22.7 Å². The Morgan fingerprint density at radius 1 is 1.34 bits per heavy atom. The maximum absolute atomic E-state index is 13.2. The second kappa shape index (κ2) is 9.91. The van der Waals surface area contributed by atoms with Crippen molar-refractivity contribution in [2.45, 2.75) is 71.8 Å². The molecule has 0 spiro atoms. The Morgan fingerprint density at radius 3 is 2.55 bits per heavy atom. The lowest BCUT2D eigenvalue weighted by molar-refractivity contribution is -0.169. The number of carbonyl (C=O) groups excluding carboxylic acids is 1. The fraction of sp³-hybridized carbons (Fsp3) is 0.667. The number of aliphatic imine (C=N–C) groups is 1. The van der Waals surface area contributed by atoms with Crippen LogP contribution in [0, 0.1) is 6.92 Å². The van der Waals surface area contributed by atoms with Gasteiger partial charge in [0.1, 0.15) is 16.3 Å². The molecule has 1 aliphatic heterocycles. The second-order valence-electron chi connectivity index (χ2n) is 7.46. The van der Waals surface area contributed by atoms with Crippen LogP contribution in [-0.4, -0.2) is 41.2 Å². The average Bonchev–Trinajstić information content (AvgIpc) is 3.05. The number of nitrogens with zero attached hydrogens (tertiary/aromatic N) is 1. The van der Waals surface area contributed by atoms with E-state index in [-0.39, 0.29) is 11.9 Å². The summed E-state index contributed by atoms with van der Waals surface area (Å²) >= 11 is 1.47. The zero-order valence-electron chi connectivity index (χ0n) is 18.2. The molecule has 0 bridgehead atoms. The van der Waals surface area contributed by atoms with Gasteiger partial charge in [-0.2, -0.15) is 0 Å². The largest absolute Gasteiger partial charge is 0.426 e. The van der Waals surface area contributed by atoms with Gasteiger partial charge in [0.25, 0.3) is 0 Å². The lowest BCUT2D eigenvalue weighted by Crippen LogP contribution is -2.45. The minimum Gasteiger partial charge on any atom is -0.426 e. The lowest BCUT2D eigenvalue weighted by Gasteiger charge is -2.28. The highest BCUT2D eigenvalue weighted by Crippen LogP contribution is 2.35. The molecule has 0 aromatic carbocycles. The molecule has 0 saturated heterocycles. The van der Waals surface area contributed by atoms with Crippen LogP contribution in [0.5, 0.6) is 0 Å². The zero-order chi connectivity index (χ0) is 21.7. The van der Waals surface area contributed by atoms with E-state index in [9.17, 15) is 9.59 Å². The van der Waals surface area contributed by atoms with E-state index in [1.807, 2.05) is 34.6 Å². The van der Waals surface area contributed by atoms with Gasteiger partial charge in [-0.05, 0) is 52.7 Å². The Morgan fingerprint density at radius 2 is 2.00 bits per heavy atom. The molecule has 1 N–H and O–H groups in total. The third-order valence-corrected chi connectivity index (χ3v) is 6.16. The third kappa shape index (κ3) is 5.71. The first-order valence-electron chi connectivity index (χ1n) is 10.1. The summed E-state index contributed by atoms with van der Waals surface area (Å²) in [6.45, 7) is 12.2. The quantitative estimate of drug-likeness (QED) is 0.577. The summed E-state index contributed by atoms with van der Waals surface area (Å²) in [4.78, 5) is 29.6. The fourth-order valence-corrected chi connectivity index (χ4v) is 4.51. The molecule has 2 atom stereocenters. The number of thioether (sulfide) groups is 1. The van der Waals surface area contributed by atoms with Gasteiger partial charge < -0.3 is 19.2 Å². The average molecular weight is 425 g/mol. The lowest BCUT2D eigenvalue weighted by atomic mass is 10.0. The van der Waals surface area contributed by atoms with E-state index in [0.717, 1.165) is 12.0 Å². The smallest absolute Gasteiger partial charge is 0.336 e. The van der Waals surface area contributed by atoms with Gasteiger partial charge in [-0.15, -0.1) is 11.8 Å². The molecule has 0 aliphatic carbocycles. The number of rotatable bonds is 10. The molecule has 2 rings (SSSR count). The molecule has 1 amide bonds. The Bertz CT molecular complexity index is 801. The van der Waals surface area contributed by atoms with Crippen molar-refractivity contribution in [1.82, 2.24) is 5.32 Å². The number of hydrogen-bond donors (Lipinski definition) is 1. The molecule has 1 aromatic heterocycles. The Hall–Kier alpha value is -1.64. The van der Waals surface area contributed by atoms with Crippen LogP contribution < -0.4 is 10.9 Å². The van der Waals surface area contributed by atoms with E-state index in [2.05, 4.69) is 5.32 Å².